The third-order valence-corrected chi connectivity index (χ3v) is 6.37. The van der Waals surface area contributed by atoms with Crippen LogP contribution in [0.1, 0.15) is 50.3 Å². The van der Waals surface area contributed by atoms with Gasteiger partial charge in [-0.25, -0.2) is 0 Å². The maximum atomic E-state index is 13.1. The minimum absolute atomic E-state index is 0.0143. The molecule has 9 nitrogen and oxygen atoms in total. The van der Waals surface area contributed by atoms with E-state index in [1.807, 2.05) is 28.0 Å². The SMILES string of the molecule is O=C1/N=C2\Nc3ccc(C(=O)N4CCNCC4)cc3N2CCCCCNC(=O)c2cccc1c2. The third kappa shape index (κ3) is 4.51. The third-order valence-electron chi connectivity index (χ3n) is 6.37. The number of fused-ring (bicyclic) bond motifs is 5. The Balaban J connectivity index is 1.46. The smallest absolute Gasteiger partial charge is 0.280 e. The minimum Gasteiger partial charge on any atom is -0.352 e. The van der Waals surface area contributed by atoms with Crippen molar-refractivity contribution in [2.75, 3.05) is 49.5 Å². The topological polar surface area (TPSA) is 106 Å². The van der Waals surface area contributed by atoms with Crippen LogP contribution >= 0.6 is 0 Å². The van der Waals surface area contributed by atoms with Crippen molar-refractivity contribution in [2.45, 2.75) is 19.3 Å². The first-order valence-electron chi connectivity index (χ1n) is 11.8. The number of benzene rings is 2. The van der Waals surface area contributed by atoms with Gasteiger partial charge in [-0.1, -0.05) is 6.07 Å². The molecule has 34 heavy (non-hydrogen) atoms. The number of carbonyl (C=O) groups excluding carboxylic acids is 3. The number of piperazine rings is 1. The van der Waals surface area contributed by atoms with Gasteiger partial charge in [-0.3, -0.25) is 14.4 Å². The Hall–Kier alpha value is -3.72. The molecule has 3 heterocycles. The van der Waals surface area contributed by atoms with Gasteiger partial charge in [0.25, 0.3) is 17.7 Å². The standard InChI is InChI=1S/C25H28N6O3/c32-22-17-5-4-6-18(15-17)23(33)29-25-28-20-8-7-19(24(34)30-13-10-26-11-14-30)16-21(20)31(25)12-3-1-2-9-27-22/h4-8,15-16,26H,1-3,9-14H2,(H,27,32)(H,28,29,33). The van der Waals surface area contributed by atoms with Crippen molar-refractivity contribution in [1.29, 1.82) is 0 Å². The molecule has 5 rings (SSSR count). The zero-order chi connectivity index (χ0) is 23.5. The molecule has 3 amide bonds. The molecule has 3 N–H and O–H groups in total. The monoisotopic (exact) mass is 460 g/mol. The lowest BCUT2D eigenvalue weighted by Gasteiger charge is -2.27. The number of guanidine groups is 1. The van der Waals surface area contributed by atoms with Crippen molar-refractivity contribution < 1.29 is 14.4 Å². The van der Waals surface area contributed by atoms with Crippen LogP contribution in [0.25, 0.3) is 0 Å². The molecule has 0 aliphatic carbocycles. The summed E-state index contributed by atoms with van der Waals surface area (Å²) < 4.78 is 0. The Morgan fingerprint density at radius 1 is 0.882 bits per heavy atom. The van der Waals surface area contributed by atoms with E-state index in [0.29, 0.717) is 48.8 Å². The Morgan fingerprint density at radius 3 is 2.56 bits per heavy atom. The Bertz CT molecular complexity index is 1160. The van der Waals surface area contributed by atoms with E-state index in [-0.39, 0.29) is 11.8 Å². The number of anilines is 2. The van der Waals surface area contributed by atoms with E-state index < -0.39 is 5.91 Å². The molecule has 0 radical (unpaired) electrons. The lowest BCUT2D eigenvalue weighted by Crippen LogP contribution is -2.46. The van der Waals surface area contributed by atoms with Gasteiger partial charge in [0.1, 0.15) is 0 Å². The van der Waals surface area contributed by atoms with Crippen LogP contribution in [-0.4, -0.2) is 67.8 Å². The zero-order valence-electron chi connectivity index (χ0n) is 19.0. The minimum atomic E-state index is -0.427. The average Bonchev–Trinajstić information content (AvgIpc) is 3.21. The van der Waals surface area contributed by atoms with Crippen LogP contribution in [0, 0.1) is 0 Å². The van der Waals surface area contributed by atoms with Crippen molar-refractivity contribution in [2.24, 2.45) is 4.99 Å². The molecule has 1 saturated heterocycles. The van der Waals surface area contributed by atoms with Crippen LogP contribution < -0.4 is 20.9 Å². The van der Waals surface area contributed by atoms with Crippen LogP contribution in [0.4, 0.5) is 11.4 Å². The summed E-state index contributed by atoms with van der Waals surface area (Å²) in [6.07, 6.45) is 2.62. The van der Waals surface area contributed by atoms with Crippen molar-refractivity contribution >= 4 is 35.1 Å². The molecule has 2 aromatic rings. The highest BCUT2D eigenvalue weighted by Crippen LogP contribution is 2.34. The van der Waals surface area contributed by atoms with Gasteiger partial charge >= 0.3 is 0 Å². The number of hydrogen-bond acceptors (Lipinski definition) is 6. The molecule has 9 heteroatoms. The van der Waals surface area contributed by atoms with Crippen LogP contribution in [0.15, 0.2) is 47.5 Å². The fourth-order valence-corrected chi connectivity index (χ4v) is 4.49. The summed E-state index contributed by atoms with van der Waals surface area (Å²) in [4.78, 5) is 46.6. The number of rotatable bonds is 1. The predicted molar refractivity (Wildman–Crippen MR) is 131 cm³/mol. The molecular formula is C25H28N6O3. The first-order valence-corrected chi connectivity index (χ1v) is 11.8. The van der Waals surface area contributed by atoms with E-state index in [1.54, 1.807) is 24.3 Å². The first-order chi connectivity index (χ1) is 16.6. The summed E-state index contributed by atoms with van der Waals surface area (Å²) in [7, 11) is 0. The van der Waals surface area contributed by atoms with Gasteiger partial charge in [-0.15, -0.1) is 0 Å². The Kier molecular flexibility index (Phi) is 6.27. The largest absolute Gasteiger partial charge is 0.352 e. The fraction of sp³-hybridized carbons (Fsp3) is 0.360. The molecule has 1 fully saturated rings. The van der Waals surface area contributed by atoms with Crippen molar-refractivity contribution in [3.8, 4) is 0 Å². The number of aliphatic imine (C=N–C) groups is 1. The molecular weight excluding hydrogens is 432 g/mol. The number of nitrogens with one attached hydrogen (secondary N) is 3. The lowest BCUT2D eigenvalue weighted by molar-refractivity contribution is 0.0735. The lowest BCUT2D eigenvalue weighted by atomic mass is 10.1. The number of hydrogen-bond donors (Lipinski definition) is 3. The van der Waals surface area contributed by atoms with Crippen LogP contribution in [0.3, 0.4) is 0 Å². The van der Waals surface area contributed by atoms with Gasteiger partial charge in [0.2, 0.25) is 5.96 Å². The van der Waals surface area contributed by atoms with E-state index in [4.69, 9.17) is 0 Å². The summed E-state index contributed by atoms with van der Waals surface area (Å²) >= 11 is 0. The van der Waals surface area contributed by atoms with Gasteiger partial charge in [-0.2, -0.15) is 4.99 Å². The second kappa shape index (κ2) is 9.64. The van der Waals surface area contributed by atoms with Gasteiger partial charge in [-0.05, 0) is 55.7 Å². The molecule has 0 aromatic heterocycles. The summed E-state index contributed by atoms with van der Waals surface area (Å²) in [5, 5.41) is 9.43. The van der Waals surface area contributed by atoms with Crippen molar-refractivity contribution in [3.05, 3.63) is 59.2 Å². The Morgan fingerprint density at radius 2 is 1.71 bits per heavy atom. The summed E-state index contributed by atoms with van der Waals surface area (Å²) in [6, 6.07) is 12.2. The summed E-state index contributed by atoms with van der Waals surface area (Å²) in [5.41, 5.74) is 3.09. The normalized spacial score (nSPS) is 20.3. The molecule has 0 spiro atoms. The van der Waals surface area contributed by atoms with E-state index in [2.05, 4.69) is 20.9 Å². The molecule has 0 unspecified atom stereocenters. The van der Waals surface area contributed by atoms with Gasteiger partial charge in [0, 0.05) is 56.0 Å². The number of carbonyl (C=O) groups is 3. The van der Waals surface area contributed by atoms with E-state index in [1.165, 1.54) is 0 Å². The molecule has 3 aliphatic heterocycles. The van der Waals surface area contributed by atoms with Crippen LogP contribution in [-0.2, 0) is 0 Å². The van der Waals surface area contributed by atoms with Gasteiger partial charge in [0.15, 0.2) is 0 Å². The van der Waals surface area contributed by atoms with Crippen molar-refractivity contribution in [1.82, 2.24) is 15.5 Å². The molecule has 0 saturated carbocycles. The van der Waals surface area contributed by atoms with Crippen molar-refractivity contribution in [3.63, 3.8) is 0 Å². The highest BCUT2D eigenvalue weighted by molar-refractivity contribution is 6.19. The second-order valence-electron chi connectivity index (χ2n) is 8.69. The fourth-order valence-electron chi connectivity index (χ4n) is 4.49. The zero-order valence-corrected chi connectivity index (χ0v) is 19.0. The van der Waals surface area contributed by atoms with E-state index >= 15 is 0 Å². The molecule has 2 bridgehead atoms. The predicted octanol–water partition coefficient (Wildman–Crippen LogP) is 2.07. The highest BCUT2D eigenvalue weighted by Gasteiger charge is 2.28. The highest BCUT2D eigenvalue weighted by atomic mass is 16.2. The second-order valence-corrected chi connectivity index (χ2v) is 8.69. The van der Waals surface area contributed by atoms with E-state index in [0.717, 1.165) is 43.7 Å². The maximum absolute atomic E-state index is 13.1. The summed E-state index contributed by atoms with van der Waals surface area (Å²) in [6.45, 7) is 4.20. The molecule has 0 atom stereocenters. The van der Waals surface area contributed by atoms with Gasteiger partial charge in [0.05, 0.1) is 11.4 Å². The Labute approximate surface area is 198 Å². The maximum Gasteiger partial charge on any atom is 0.280 e. The number of amides is 3. The van der Waals surface area contributed by atoms with Gasteiger partial charge < -0.3 is 25.8 Å². The first kappa shape index (κ1) is 22.1. The molecule has 2 aromatic carbocycles. The number of nitrogens with zero attached hydrogens (tertiary/aromatic N) is 3. The van der Waals surface area contributed by atoms with Crippen LogP contribution in [0.5, 0.6) is 0 Å². The average molecular weight is 461 g/mol. The molecule has 176 valence electrons. The van der Waals surface area contributed by atoms with E-state index in [9.17, 15) is 14.4 Å². The summed E-state index contributed by atoms with van der Waals surface area (Å²) in [5.74, 6) is -0.155. The quantitative estimate of drug-likeness (QED) is 0.602. The van der Waals surface area contributed by atoms with Crippen LogP contribution in [0.2, 0.25) is 0 Å². The molecule has 3 aliphatic rings.